The number of halogens is 4. The Bertz CT molecular complexity index is 415. The van der Waals surface area contributed by atoms with E-state index in [9.17, 15) is 18.0 Å². The van der Waals surface area contributed by atoms with Gasteiger partial charge >= 0.3 is 6.18 Å². The van der Waals surface area contributed by atoms with Gasteiger partial charge in [0.25, 0.3) is 5.91 Å². The number of alkyl halides is 3. The molecule has 2 N–H and O–H groups in total. The number of hydrogen-bond donors (Lipinski definition) is 2. The highest BCUT2D eigenvalue weighted by molar-refractivity contribution is 14.1. The van der Waals surface area contributed by atoms with Crippen LogP contribution in [0.5, 0.6) is 0 Å². The van der Waals surface area contributed by atoms with E-state index in [1.54, 1.807) is 12.1 Å². The molecule has 0 aromatic heterocycles. The molecular formula is C10H9F3INO2. The molecule has 1 atom stereocenters. The molecule has 0 heterocycles. The Labute approximate surface area is 109 Å². The van der Waals surface area contributed by atoms with E-state index in [2.05, 4.69) is 0 Å². The van der Waals surface area contributed by atoms with Crippen molar-refractivity contribution in [1.29, 1.82) is 0 Å². The Morgan fingerprint density at radius 2 is 1.76 bits per heavy atom. The molecule has 1 amide bonds. The van der Waals surface area contributed by atoms with Gasteiger partial charge in [-0.25, -0.2) is 0 Å². The van der Waals surface area contributed by atoms with Gasteiger partial charge in [-0.15, -0.1) is 0 Å². The van der Waals surface area contributed by atoms with Gasteiger partial charge in [0.15, 0.2) is 0 Å². The topological polar surface area (TPSA) is 49.3 Å². The van der Waals surface area contributed by atoms with Crippen LogP contribution in [0.3, 0.4) is 0 Å². The first-order chi connectivity index (χ1) is 7.64. The van der Waals surface area contributed by atoms with Crippen LogP contribution in [-0.2, 0) is 4.79 Å². The Balaban J connectivity index is 2.83. The highest BCUT2D eigenvalue weighted by Gasteiger charge is 2.55. The van der Waals surface area contributed by atoms with Crippen LogP contribution in [0.15, 0.2) is 24.3 Å². The zero-order chi connectivity index (χ0) is 13.3. The lowest BCUT2D eigenvalue weighted by Gasteiger charge is -2.24. The number of hydrogen-bond acceptors (Lipinski definition) is 2. The van der Waals surface area contributed by atoms with Crippen molar-refractivity contribution in [3.63, 3.8) is 0 Å². The summed E-state index contributed by atoms with van der Waals surface area (Å²) in [4.78, 5) is 11.3. The normalized spacial score (nSPS) is 15.2. The lowest BCUT2D eigenvalue weighted by molar-refractivity contribution is -0.242. The van der Waals surface area contributed by atoms with Gasteiger partial charge in [-0.05, 0) is 53.8 Å². The zero-order valence-corrected chi connectivity index (χ0v) is 10.8. The van der Waals surface area contributed by atoms with Gasteiger partial charge in [-0.1, -0.05) is 0 Å². The quantitative estimate of drug-likeness (QED) is 0.798. The van der Waals surface area contributed by atoms with E-state index in [-0.39, 0.29) is 5.69 Å². The molecule has 0 spiro atoms. The maximum absolute atomic E-state index is 12.3. The minimum absolute atomic E-state index is 0.194. The van der Waals surface area contributed by atoms with Gasteiger partial charge < -0.3 is 10.4 Å². The zero-order valence-electron chi connectivity index (χ0n) is 8.68. The fourth-order valence-corrected chi connectivity index (χ4v) is 1.27. The summed E-state index contributed by atoms with van der Waals surface area (Å²) in [5.41, 5.74) is -3.21. The fraction of sp³-hybridized carbons (Fsp3) is 0.300. The average Bonchev–Trinajstić information content (AvgIpc) is 2.19. The number of carbonyl (C=O) groups excluding carboxylic acids is 1. The van der Waals surface area contributed by atoms with E-state index in [4.69, 9.17) is 5.11 Å². The molecule has 0 saturated heterocycles. The number of anilines is 1. The maximum Gasteiger partial charge on any atom is 0.426 e. The lowest BCUT2D eigenvalue weighted by Crippen LogP contribution is -2.52. The summed E-state index contributed by atoms with van der Waals surface area (Å²) in [5, 5.41) is 11.1. The van der Waals surface area contributed by atoms with Crippen LogP contribution in [0.2, 0.25) is 0 Å². The average molecular weight is 359 g/mol. The number of amides is 1. The minimum Gasteiger partial charge on any atom is -0.373 e. The first-order valence-electron chi connectivity index (χ1n) is 4.51. The van der Waals surface area contributed by atoms with E-state index in [0.29, 0.717) is 6.92 Å². The van der Waals surface area contributed by atoms with Crippen LogP contribution in [-0.4, -0.2) is 22.8 Å². The Morgan fingerprint density at radius 3 is 2.18 bits per heavy atom. The Morgan fingerprint density at radius 1 is 1.29 bits per heavy atom. The largest absolute Gasteiger partial charge is 0.426 e. The summed E-state index contributed by atoms with van der Waals surface area (Å²) < 4.78 is 37.9. The molecule has 1 rings (SSSR count). The molecule has 7 heteroatoms. The van der Waals surface area contributed by atoms with E-state index >= 15 is 0 Å². The summed E-state index contributed by atoms with van der Waals surface area (Å²) in [6.45, 7) is 0.412. The second kappa shape index (κ2) is 4.81. The van der Waals surface area contributed by atoms with Crippen molar-refractivity contribution in [2.75, 3.05) is 5.32 Å². The first-order valence-corrected chi connectivity index (χ1v) is 5.58. The first kappa shape index (κ1) is 14.2. The number of rotatable bonds is 2. The summed E-state index contributed by atoms with van der Waals surface area (Å²) in [7, 11) is 0. The van der Waals surface area contributed by atoms with Crippen molar-refractivity contribution in [2.24, 2.45) is 0 Å². The minimum atomic E-state index is -5.01. The molecule has 94 valence electrons. The lowest BCUT2D eigenvalue weighted by atomic mass is 10.1. The molecule has 0 aliphatic heterocycles. The molecule has 0 radical (unpaired) electrons. The van der Waals surface area contributed by atoms with Crippen LogP contribution in [0.4, 0.5) is 18.9 Å². The predicted octanol–water partition coefficient (Wildman–Crippen LogP) is 2.54. The molecule has 1 aromatic carbocycles. The third-order valence-electron chi connectivity index (χ3n) is 2.10. The second-order valence-corrected chi connectivity index (χ2v) is 4.78. The van der Waals surface area contributed by atoms with Crippen LogP contribution in [0, 0.1) is 3.57 Å². The molecule has 1 unspecified atom stereocenters. The third-order valence-corrected chi connectivity index (χ3v) is 2.82. The smallest absolute Gasteiger partial charge is 0.373 e. The van der Waals surface area contributed by atoms with Gasteiger partial charge in [0, 0.05) is 9.26 Å². The van der Waals surface area contributed by atoms with Crippen molar-refractivity contribution in [2.45, 2.75) is 18.7 Å². The third kappa shape index (κ3) is 3.32. The monoisotopic (exact) mass is 359 g/mol. The number of benzene rings is 1. The van der Waals surface area contributed by atoms with E-state index in [1.807, 2.05) is 27.9 Å². The van der Waals surface area contributed by atoms with Gasteiger partial charge in [0.1, 0.15) is 0 Å². The maximum atomic E-state index is 12.3. The molecule has 0 aliphatic carbocycles. The second-order valence-electron chi connectivity index (χ2n) is 3.53. The molecule has 0 aliphatic rings. The molecule has 3 nitrogen and oxygen atoms in total. The number of nitrogens with one attached hydrogen (secondary N) is 1. The summed E-state index contributed by atoms with van der Waals surface area (Å²) in [6.07, 6.45) is -5.01. The van der Waals surface area contributed by atoms with Crippen molar-refractivity contribution >= 4 is 34.2 Å². The van der Waals surface area contributed by atoms with Gasteiger partial charge in [-0.2, -0.15) is 13.2 Å². The van der Waals surface area contributed by atoms with Gasteiger partial charge in [0.05, 0.1) is 0 Å². The molecule has 17 heavy (non-hydrogen) atoms. The Kier molecular flexibility index (Phi) is 4.03. The van der Waals surface area contributed by atoms with Crippen molar-refractivity contribution in [3.05, 3.63) is 27.8 Å². The van der Waals surface area contributed by atoms with Gasteiger partial charge in [-0.3, -0.25) is 4.79 Å². The van der Waals surface area contributed by atoms with E-state index < -0.39 is 17.7 Å². The molecule has 0 saturated carbocycles. The van der Waals surface area contributed by atoms with Crippen molar-refractivity contribution in [1.82, 2.24) is 0 Å². The van der Waals surface area contributed by atoms with E-state index in [1.165, 1.54) is 12.1 Å². The number of carbonyl (C=O) groups is 1. The summed E-state index contributed by atoms with van der Waals surface area (Å²) >= 11 is 2.02. The number of aliphatic hydroxyl groups is 1. The summed E-state index contributed by atoms with van der Waals surface area (Å²) in [5.74, 6) is -1.51. The SMILES string of the molecule is CC(O)(C(=O)Nc1ccc(I)cc1)C(F)(F)F. The van der Waals surface area contributed by atoms with Crippen LogP contribution in [0.1, 0.15) is 6.92 Å². The molecule has 0 bridgehead atoms. The predicted molar refractivity (Wildman–Crippen MR) is 64.5 cm³/mol. The fourth-order valence-electron chi connectivity index (χ4n) is 0.915. The van der Waals surface area contributed by atoms with Crippen LogP contribution >= 0.6 is 22.6 Å². The molecular weight excluding hydrogens is 350 g/mol. The van der Waals surface area contributed by atoms with Crippen LogP contribution < -0.4 is 5.32 Å². The van der Waals surface area contributed by atoms with E-state index in [0.717, 1.165) is 3.57 Å². The van der Waals surface area contributed by atoms with Crippen molar-refractivity contribution in [3.8, 4) is 0 Å². The standard InChI is InChI=1S/C10H9F3INO2/c1-9(17,10(11,12)13)8(16)15-7-4-2-6(14)3-5-7/h2-5,17H,1H3,(H,15,16). The van der Waals surface area contributed by atoms with Crippen LogP contribution in [0.25, 0.3) is 0 Å². The Hall–Kier alpha value is -0.830. The molecule has 1 aromatic rings. The highest BCUT2D eigenvalue weighted by Crippen LogP contribution is 2.31. The molecule has 0 fully saturated rings. The highest BCUT2D eigenvalue weighted by atomic mass is 127. The van der Waals surface area contributed by atoms with Crippen molar-refractivity contribution < 1.29 is 23.1 Å². The summed E-state index contributed by atoms with van der Waals surface area (Å²) in [6, 6.07) is 6.15. The van der Waals surface area contributed by atoms with Gasteiger partial charge in [0.2, 0.25) is 5.60 Å².